The molecule has 1 heterocycles. The minimum absolute atomic E-state index is 0.0480. The third-order valence-corrected chi connectivity index (χ3v) is 6.74. The van der Waals surface area contributed by atoms with Crippen molar-refractivity contribution in [3.8, 4) is 0 Å². The van der Waals surface area contributed by atoms with Gasteiger partial charge in [-0.2, -0.15) is 0 Å². The van der Waals surface area contributed by atoms with Gasteiger partial charge in [0.2, 0.25) is 15.9 Å². The highest BCUT2D eigenvalue weighted by molar-refractivity contribution is 7.89. The van der Waals surface area contributed by atoms with Crippen molar-refractivity contribution >= 4 is 33.2 Å². The summed E-state index contributed by atoms with van der Waals surface area (Å²) < 4.78 is 25.8. The zero-order chi connectivity index (χ0) is 20.9. The van der Waals surface area contributed by atoms with E-state index in [9.17, 15) is 13.2 Å². The first-order valence-corrected chi connectivity index (χ1v) is 10.6. The van der Waals surface area contributed by atoms with Crippen molar-refractivity contribution in [3.63, 3.8) is 0 Å². The first-order chi connectivity index (χ1) is 13.1. The molecular formula is C19H25ClN4O3S. The molecule has 0 aliphatic rings. The summed E-state index contributed by atoms with van der Waals surface area (Å²) in [4.78, 5) is 18.7. The molecule has 1 aromatic heterocycles. The van der Waals surface area contributed by atoms with Crippen LogP contribution in [-0.2, 0) is 21.2 Å². The van der Waals surface area contributed by atoms with Crippen LogP contribution in [0.2, 0.25) is 5.02 Å². The molecule has 28 heavy (non-hydrogen) atoms. The Balaban J connectivity index is 2.05. The highest BCUT2D eigenvalue weighted by atomic mass is 35.5. The normalized spacial score (nSPS) is 13.0. The molecule has 0 saturated heterocycles. The Kier molecular flexibility index (Phi) is 7.54. The quantitative estimate of drug-likeness (QED) is 0.703. The Bertz CT molecular complexity index is 920. The minimum atomic E-state index is -3.71. The van der Waals surface area contributed by atoms with Crippen LogP contribution < -0.4 is 5.32 Å². The number of rotatable bonds is 8. The van der Waals surface area contributed by atoms with Gasteiger partial charge >= 0.3 is 0 Å². The van der Waals surface area contributed by atoms with Gasteiger partial charge in [0.05, 0.1) is 11.1 Å². The number of pyridine rings is 1. The summed E-state index contributed by atoms with van der Waals surface area (Å²) in [6, 6.07) is 9.74. The third kappa shape index (κ3) is 5.51. The van der Waals surface area contributed by atoms with E-state index in [-0.39, 0.29) is 15.8 Å². The van der Waals surface area contributed by atoms with Crippen LogP contribution in [0.1, 0.15) is 12.6 Å². The van der Waals surface area contributed by atoms with Crippen LogP contribution in [0, 0.1) is 0 Å². The fourth-order valence-corrected chi connectivity index (χ4v) is 3.85. The number of nitrogens with zero attached hydrogens (tertiary/aromatic N) is 3. The zero-order valence-electron chi connectivity index (χ0n) is 16.4. The van der Waals surface area contributed by atoms with Crippen LogP contribution in [0.25, 0.3) is 0 Å². The predicted molar refractivity (Wildman–Crippen MR) is 111 cm³/mol. The van der Waals surface area contributed by atoms with Crippen LogP contribution in [-0.4, -0.2) is 62.2 Å². The third-order valence-electron chi connectivity index (χ3n) is 4.44. The number of hydrogen-bond acceptors (Lipinski definition) is 5. The Hall–Kier alpha value is -2.00. The van der Waals surface area contributed by atoms with Crippen molar-refractivity contribution in [2.75, 3.05) is 33.0 Å². The number of carbonyl (C=O) groups excluding carboxylic acids is 1. The van der Waals surface area contributed by atoms with Gasteiger partial charge in [-0.3, -0.25) is 14.7 Å². The first kappa shape index (κ1) is 22.3. The Morgan fingerprint density at radius 1 is 1.21 bits per heavy atom. The van der Waals surface area contributed by atoms with Crippen LogP contribution in [0.15, 0.2) is 47.5 Å². The van der Waals surface area contributed by atoms with E-state index in [2.05, 4.69) is 10.3 Å². The lowest BCUT2D eigenvalue weighted by Gasteiger charge is -2.24. The van der Waals surface area contributed by atoms with Crippen molar-refractivity contribution in [2.24, 2.45) is 0 Å². The first-order valence-electron chi connectivity index (χ1n) is 8.76. The van der Waals surface area contributed by atoms with E-state index in [1.54, 1.807) is 19.2 Å². The van der Waals surface area contributed by atoms with Crippen LogP contribution in [0.4, 0.5) is 5.69 Å². The van der Waals surface area contributed by atoms with Gasteiger partial charge in [0, 0.05) is 44.6 Å². The standard InChI is InChI=1S/C19H25ClN4O3S/c1-14(24(4)12-10-15-7-5-6-11-21-15)19(25)22-16-8-9-17(20)18(13-16)28(26,27)23(2)3/h5-9,11,13-14H,10,12H2,1-4H3,(H,22,25). The molecule has 0 aliphatic carbocycles. The van der Waals surface area contributed by atoms with E-state index in [1.807, 2.05) is 30.1 Å². The molecular weight excluding hydrogens is 400 g/mol. The molecule has 1 amide bonds. The number of likely N-dealkylation sites (N-methyl/N-ethyl adjacent to an activating group) is 1. The largest absolute Gasteiger partial charge is 0.325 e. The zero-order valence-corrected chi connectivity index (χ0v) is 18.0. The van der Waals surface area contributed by atoms with Crippen molar-refractivity contribution in [2.45, 2.75) is 24.3 Å². The monoisotopic (exact) mass is 424 g/mol. The fourth-order valence-electron chi connectivity index (χ4n) is 2.45. The van der Waals surface area contributed by atoms with Gasteiger partial charge in [0.15, 0.2) is 0 Å². The van der Waals surface area contributed by atoms with E-state index < -0.39 is 16.1 Å². The number of amides is 1. The Morgan fingerprint density at radius 3 is 2.54 bits per heavy atom. The summed E-state index contributed by atoms with van der Waals surface area (Å²) in [6.07, 6.45) is 2.46. The summed E-state index contributed by atoms with van der Waals surface area (Å²) >= 11 is 6.04. The molecule has 0 aliphatic heterocycles. The van der Waals surface area contributed by atoms with Gasteiger partial charge in [-0.25, -0.2) is 12.7 Å². The van der Waals surface area contributed by atoms with Gasteiger partial charge in [-0.15, -0.1) is 0 Å². The highest BCUT2D eigenvalue weighted by Gasteiger charge is 2.23. The van der Waals surface area contributed by atoms with Crippen LogP contribution in [0.5, 0.6) is 0 Å². The van der Waals surface area contributed by atoms with Crippen molar-refractivity contribution < 1.29 is 13.2 Å². The summed E-state index contributed by atoms with van der Waals surface area (Å²) in [5.41, 5.74) is 1.33. The lowest BCUT2D eigenvalue weighted by molar-refractivity contribution is -0.120. The molecule has 7 nitrogen and oxygen atoms in total. The average Bonchev–Trinajstić information content (AvgIpc) is 2.67. The molecule has 1 N–H and O–H groups in total. The van der Waals surface area contributed by atoms with E-state index in [4.69, 9.17) is 11.6 Å². The van der Waals surface area contributed by atoms with E-state index >= 15 is 0 Å². The maximum atomic E-state index is 12.6. The van der Waals surface area contributed by atoms with Gasteiger partial charge in [-0.05, 0) is 44.3 Å². The number of anilines is 1. The molecule has 9 heteroatoms. The summed E-state index contributed by atoms with van der Waals surface area (Å²) in [5.74, 6) is -0.237. The topological polar surface area (TPSA) is 82.6 Å². The number of hydrogen-bond donors (Lipinski definition) is 1. The maximum absolute atomic E-state index is 12.6. The second-order valence-electron chi connectivity index (χ2n) is 6.65. The van der Waals surface area contributed by atoms with Crippen LogP contribution >= 0.6 is 11.6 Å². The van der Waals surface area contributed by atoms with E-state index in [1.165, 1.54) is 26.2 Å². The van der Waals surface area contributed by atoms with Crippen LogP contribution in [0.3, 0.4) is 0 Å². The number of halogens is 1. The lowest BCUT2D eigenvalue weighted by Crippen LogP contribution is -2.40. The summed E-state index contributed by atoms with van der Waals surface area (Å²) in [6.45, 7) is 2.45. The van der Waals surface area contributed by atoms with Gasteiger partial charge in [0.25, 0.3) is 0 Å². The van der Waals surface area contributed by atoms with Gasteiger partial charge < -0.3 is 5.32 Å². The number of carbonyl (C=O) groups is 1. The molecule has 0 radical (unpaired) electrons. The van der Waals surface area contributed by atoms with Crippen molar-refractivity contribution in [3.05, 3.63) is 53.3 Å². The lowest BCUT2D eigenvalue weighted by atomic mass is 10.2. The maximum Gasteiger partial charge on any atom is 0.244 e. The number of aromatic nitrogens is 1. The molecule has 2 rings (SSSR count). The molecule has 1 aromatic carbocycles. The molecule has 0 spiro atoms. The average molecular weight is 425 g/mol. The number of benzene rings is 1. The van der Waals surface area contributed by atoms with Gasteiger partial charge in [-0.1, -0.05) is 17.7 Å². The predicted octanol–water partition coefficient (Wildman–Crippen LogP) is 2.49. The molecule has 1 unspecified atom stereocenters. The van der Waals surface area contributed by atoms with Gasteiger partial charge in [0.1, 0.15) is 4.90 Å². The second-order valence-corrected chi connectivity index (χ2v) is 9.18. The number of sulfonamides is 1. The molecule has 0 bridgehead atoms. The smallest absolute Gasteiger partial charge is 0.244 e. The van der Waals surface area contributed by atoms with E-state index in [0.717, 1.165) is 16.4 Å². The highest BCUT2D eigenvalue weighted by Crippen LogP contribution is 2.27. The fraction of sp³-hybridized carbons (Fsp3) is 0.368. The molecule has 1 atom stereocenters. The summed E-state index contributed by atoms with van der Waals surface area (Å²) in [7, 11) is 1.00. The molecule has 2 aromatic rings. The van der Waals surface area contributed by atoms with Crippen molar-refractivity contribution in [1.29, 1.82) is 0 Å². The van der Waals surface area contributed by atoms with E-state index in [0.29, 0.717) is 12.2 Å². The van der Waals surface area contributed by atoms with Crippen molar-refractivity contribution in [1.82, 2.24) is 14.2 Å². The summed E-state index contributed by atoms with van der Waals surface area (Å²) in [5, 5.41) is 2.87. The number of nitrogens with one attached hydrogen (secondary N) is 1. The Labute approximate surface area is 171 Å². The molecule has 0 fully saturated rings. The minimum Gasteiger partial charge on any atom is -0.325 e. The molecule has 0 saturated carbocycles. The molecule has 152 valence electrons. The second kappa shape index (κ2) is 9.47. The SMILES string of the molecule is CC(C(=O)Nc1ccc(Cl)c(S(=O)(=O)N(C)C)c1)N(C)CCc1ccccn1. The Morgan fingerprint density at radius 2 is 1.93 bits per heavy atom.